The lowest BCUT2D eigenvalue weighted by Gasteiger charge is -2.07. The van der Waals surface area contributed by atoms with Crippen molar-refractivity contribution in [3.8, 4) is 17.2 Å². The van der Waals surface area contributed by atoms with Gasteiger partial charge in [0.25, 0.3) is 0 Å². The van der Waals surface area contributed by atoms with Gasteiger partial charge in [-0.25, -0.2) is 4.79 Å². The molecule has 2 aromatic carbocycles. The van der Waals surface area contributed by atoms with Gasteiger partial charge in [0.2, 0.25) is 0 Å². The molecule has 0 aliphatic carbocycles. The van der Waals surface area contributed by atoms with Crippen LogP contribution in [0.25, 0.3) is 17.2 Å². The van der Waals surface area contributed by atoms with E-state index >= 15 is 0 Å². The van der Waals surface area contributed by atoms with Gasteiger partial charge in [0.05, 0.1) is 6.61 Å². The lowest BCUT2D eigenvalue weighted by molar-refractivity contribution is -0.137. The van der Waals surface area contributed by atoms with E-state index in [-0.39, 0.29) is 12.2 Å². The van der Waals surface area contributed by atoms with Gasteiger partial charge in [0.15, 0.2) is 0 Å². The molecule has 0 saturated carbocycles. The fourth-order valence-corrected chi connectivity index (χ4v) is 2.00. The highest BCUT2D eigenvalue weighted by atomic mass is 16.5. The summed E-state index contributed by atoms with van der Waals surface area (Å²) in [5, 5.41) is 9.13. The minimum Gasteiger partial charge on any atom is -0.462 e. The van der Waals surface area contributed by atoms with Crippen molar-refractivity contribution in [2.75, 3.05) is 6.61 Å². The van der Waals surface area contributed by atoms with Crippen molar-refractivity contribution in [1.82, 2.24) is 0 Å². The van der Waals surface area contributed by atoms with Gasteiger partial charge in [0, 0.05) is 0 Å². The molecule has 3 heteroatoms. The number of carbonyl (C=O) groups is 1. The Morgan fingerprint density at radius 2 is 1.81 bits per heavy atom. The predicted octanol–water partition coefficient (Wildman–Crippen LogP) is 3.82. The number of carbonyl (C=O) groups excluding carboxylic acids is 1. The summed E-state index contributed by atoms with van der Waals surface area (Å²) in [4.78, 5) is 11.7. The number of esters is 1. The van der Waals surface area contributed by atoms with Crippen molar-refractivity contribution < 1.29 is 9.53 Å². The molecule has 0 aromatic heterocycles. The fraction of sp³-hybridized carbons (Fsp3) is 0.111. The van der Waals surface area contributed by atoms with Crippen molar-refractivity contribution in [3.63, 3.8) is 0 Å². The van der Waals surface area contributed by atoms with Crippen LogP contribution in [0.2, 0.25) is 0 Å². The molecule has 0 heterocycles. The van der Waals surface area contributed by atoms with Gasteiger partial charge in [0.1, 0.15) is 11.6 Å². The van der Waals surface area contributed by atoms with E-state index in [0.717, 1.165) is 16.7 Å². The maximum Gasteiger partial charge on any atom is 0.348 e. The molecule has 0 unspecified atom stereocenters. The Morgan fingerprint density at radius 3 is 2.48 bits per heavy atom. The van der Waals surface area contributed by atoms with Crippen LogP contribution < -0.4 is 0 Å². The van der Waals surface area contributed by atoms with Crippen LogP contribution in [-0.4, -0.2) is 12.6 Å². The summed E-state index contributed by atoms with van der Waals surface area (Å²) < 4.78 is 4.88. The molecule has 2 aromatic rings. The number of hydrogen-bond acceptors (Lipinski definition) is 3. The van der Waals surface area contributed by atoms with E-state index in [1.807, 2.05) is 60.7 Å². The van der Waals surface area contributed by atoms with Crippen LogP contribution in [0.5, 0.6) is 0 Å². The molecule has 2 rings (SSSR count). The quantitative estimate of drug-likeness (QED) is 0.485. The van der Waals surface area contributed by atoms with E-state index in [1.54, 1.807) is 13.0 Å². The largest absolute Gasteiger partial charge is 0.462 e. The molecular formula is C18H15NO2. The van der Waals surface area contributed by atoms with Gasteiger partial charge in [-0.2, -0.15) is 5.26 Å². The van der Waals surface area contributed by atoms with Crippen LogP contribution >= 0.6 is 0 Å². The molecule has 0 spiro atoms. The van der Waals surface area contributed by atoms with E-state index in [1.165, 1.54) is 0 Å². The van der Waals surface area contributed by atoms with Crippen LogP contribution in [0.3, 0.4) is 0 Å². The van der Waals surface area contributed by atoms with E-state index in [4.69, 9.17) is 10.00 Å². The number of nitrogens with zero attached hydrogens (tertiary/aromatic N) is 1. The Balaban J connectivity index is 2.46. The minimum atomic E-state index is -0.595. The van der Waals surface area contributed by atoms with Crippen LogP contribution in [-0.2, 0) is 9.53 Å². The molecule has 0 radical (unpaired) electrons. The topological polar surface area (TPSA) is 50.1 Å². The number of ether oxygens (including phenoxy) is 1. The van der Waals surface area contributed by atoms with Gasteiger partial charge in [-0.15, -0.1) is 0 Å². The smallest absolute Gasteiger partial charge is 0.348 e. The van der Waals surface area contributed by atoms with Crippen LogP contribution in [0, 0.1) is 11.3 Å². The Hall–Kier alpha value is -2.86. The highest BCUT2D eigenvalue weighted by Gasteiger charge is 2.11. The monoisotopic (exact) mass is 277 g/mol. The third kappa shape index (κ3) is 3.58. The summed E-state index contributed by atoms with van der Waals surface area (Å²) in [7, 11) is 0. The molecule has 0 N–H and O–H groups in total. The molecule has 0 aliphatic heterocycles. The SMILES string of the molecule is CCOC(=O)/C(C#N)=C/c1ccccc1-c1ccccc1. The molecule has 0 amide bonds. The van der Waals surface area contributed by atoms with Gasteiger partial charge < -0.3 is 4.74 Å². The minimum absolute atomic E-state index is 0.000214. The first-order valence-corrected chi connectivity index (χ1v) is 6.69. The lowest BCUT2D eigenvalue weighted by Crippen LogP contribution is -2.06. The van der Waals surface area contributed by atoms with E-state index < -0.39 is 5.97 Å². The van der Waals surface area contributed by atoms with E-state index in [0.29, 0.717) is 0 Å². The van der Waals surface area contributed by atoms with E-state index in [9.17, 15) is 4.79 Å². The molecule has 0 aliphatic rings. The molecule has 104 valence electrons. The normalized spacial score (nSPS) is 10.8. The van der Waals surface area contributed by atoms with E-state index in [2.05, 4.69) is 0 Å². The molecule has 21 heavy (non-hydrogen) atoms. The summed E-state index contributed by atoms with van der Waals surface area (Å²) in [5.74, 6) is -0.595. The molecule has 0 saturated heterocycles. The highest BCUT2D eigenvalue weighted by Crippen LogP contribution is 2.25. The van der Waals surface area contributed by atoms with Crippen LogP contribution in [0.15, 0.2) is 60.2 Å². The van der Waals surface area contributed by atoms with Gasteiger partial charge in [-0.1, -0.05) is 54.6 Å². The molecule has 3 nitrogen and oxygen atoms in total. The lowest BCUT2D eigenvalue weighted by atomic mass is 9.98. The Bertz CT molecular complexity index is 697. The molecule has 0 fully saturated rings. The Labute approximate surface area is 124 Å². The summed E-state index contributed by atoms with van der Waals surface area (Å²) in [6.07, 6.45) is 1.57. The first-order valence-electron chi connectivity index (χ1n) is 6.69. The Morgan fingerprint density at radius 1 is 1.14 bits per heavy atom. The van der Waals surface area contributed by atoms with Crippen molar-refractivity contribution in [2.24, 2.45) is 0 Å². The standard InChI is InChI=1S/C18H15NO2/c1-2-21-18(20)16(13-19)12-15-10-6-7-11-17(15)14-8-4-3-5-9-14/h3-12H,2H2,1H3/b16-12+. The number of benzene rings is 2. The molecule has 0 atom stereocenters. The highest BCUT2D eigenvalue weighted by molar-refractivity contribution is 5.99. The Kier molecular flexibility index (Phi) is 4.89. The maximum absolute atomic E-state index is 11.7. The maximum atomic E-state index is 11.7. The van der Waals surface area contributed by atoms with Gasteiger partial charge >= 0.3 is 5.97 Å². The summed E-state index contributed by atoms with van der Waals surface area (Å²) in [6, 6.07) is 19.4. The third-order valence-corrected chi connectivity index (χ3v) is 2.96. The van der Waals surface area contributed by atoms with Crippen LogP contribution in [0.1, 0.15) is 12.5 Å². The van der Waals surface area contributed by atoms with Gasteiger partial charge in [-0.3, -0.25) is 0 Å². The van der Waals surface area contributed by atoms with Crippen molar-refractivity contribution in [3.05, 3.63) is 65.7 Å². The van der Waals surface area contributed by atoms with Crippen LogP contribution in [0.4, 0.5) is 0 Å². The second kappa shape index (κ2) is 7.06. The zero-order valence-corrected chi connectivity index (χ0v) is 11.7. The number of hydrogen-bond donors (Lipinski definition) is 0. The first kappa shape index (κ1) is 14.5. The zero-order valence-electron chi connectivity index (χ0n) is 11.7. The second-order valence-electron chi connectivity index (χ2n) is 4.34. The van der Waals surface area contributed by atoms with Crippen molar-refractivity contribution in [1.29, 1.82) is 5.26 Å². The second-order valence-corrected chi connectivity index (χ2v) is 4.34. The molecule has 0 bridgehead atoms. The summed E-state index contributed by atoms with van der Waals surface area (Å²) in [6.45, 7) is 1.96. The summed E-state index contributed by atoms with van der Waals surface area (Å²) >= 11 is 0. The fourth-order valence-electron chi connectivity index (χ4n) is 2.00. The first-order chi connectivity index (χ1) is 10.3. The number of nitriles is 1. The number of rotatable bonds is 4. The zero-order chi connectivity index (χ0) is 15.1. The van der Waals surface area contributed by atoms with Crippen molar-refractivity contribution in [2.45, 2.75) is 6.92 Å². The average Bonchev–Trinajstić information content (AvgIpc) is 2.54. The predicted molar refractivity (Wildman–Crippen MR) is 82.1 cm³/mol. The summed E-state index contributed by atoms with van der Waals surface area (Å²) in [5.41, 5.74) is 2.81. The molecular weight excluding hydrogens is 262 g/mol. The average molecular weight is 277 g/mol. The van der Waals surface area contributed by atoms with Crippen molar-refractivity contribution >= 4 is 12.0 Å². The third-order valence-electron chi connectivity index (χ3n) is 2.96. The van der Waals surface area contributed by atoms with Gasteiger partial charge in [-0.05, 0) is 29.7 Å².